The number of hydrogen-bond acceptors (Lipinski definition) is 4. The van der Waals surface area contributed by atoms with Crippen molar-refractivity contribution in [1.82, 2.24) is 0 Å². The molecule has 2 atom stereocenters. The minimum absolute atomic E-state index is 0.258. The highest BCUT2D eigenvalue weighted by Gasteiger charge is 2.38. The Morgan fingerprint density at radius 1 is 1.41 bits per heavy atom. The third-order valence-corrected chi connectivity index (χ3v) is 3.59. The number of aliphatic carboxylic acids is 1. The molecule has 118 valence electrons. The summed E-state index contributed by atoms with van der Waals surface area (Å²) in [5.41, 5.74) is 0.0129. The summed E-state index contributed by atoms with van der Waals surface area (Å²) in [6, 6.07) is 9.05. The molecule has 1 N–H and O–H groups in total. The first kappa shape index (κ1) is 17.7. The second kappa shape index (κ2) is 7.60. The summed E-state index contributed by atoms with van der Waals surface area (Å²) in [6.07, 6.45) is -0.313. The first-order valence-corrected chi connectivity index (χ1v) is 7.22. The fraction of sp³-hybridized carbons (Fsp3) is 0.471. The van der Waals surface area contributed by atoms with Crippen molar-refractivity contribution in [2.24, 2.45) is 0 Å². The second-order valence-corrected chi connectivity index (χ2v) is 5.52. The summed E-state index contributed by atoms with van der Waals surface area (Å²) in [6.45, 7) is 5.49. The Kier molecular flexibility index (Phi) is 6.11. The molecular weight excluding hydrogens is 282 g/mol. The van der Waals surface area contributed by atoms with Gasteiger partial charge in [0.1, 0.15) is 5.41 Å². The summed E-state index contributed by atoms with van der Waals surface area (Å²) in [4.78, 5) is 23.2. The quantitative estimate of drug-likeness (QED) is 0.782. The van der Waals surface area contributed by atoms with Crippen molar-refractivity contribution in [2.75, 3.05) is 0 Å². The van der Waals surface area contributed by atoms with Crippen molar-refractivity contribution in [3.8, 4) is 6.07 Å². The highest BCUT2D eigenvalue weighted by Crippen LogP contribution is 2.32. The molecule has 5 heteroatoms. The number of aryl methyl sites for hydroxylation is 1. The predicted octanol–water partition coefficient (Wildman–Crippen LogP) is 2.96. The molecule has 0 aliphatic carbocycles. The molecule has 1 aromatic carbocycles. The lowest BCUT2D eigenvalue weighted by atomic mass is 9.75. The number of rotatable bonds is 7. The van der Waals surface area contributed by atoms with Crippen LogP contribution in [0.5, 0.6) is 0 Å². The number of hydrogen-bond donors (Lipinski definition) is 1. The first-order chi connectivity index (χ1) is 10.3. The smallest absolute Gasteiger partial charge is 0.308 e. The summed E-state index contributed by atoms with van der Waals surface area (Å²) >= 11 is 0. The van der Waals surface area contributed by atoms with Gasteiger partial charge in [-0.2, -0.15) is 5.26 Å². The molecular formula is C17H21NO4. The fourth-order valence-electron chi connectivity index (χ4n) is 2.21. The Bertz CT molecular complexity index is 591. The standard InChI is InChI=1S/C17H21NO4/c1-4-13(3)22-16(21)10-17(11-18,9-15(19)20)14-7-5-6-12(2)8-14/h5-8,13H,4,9-10H2,1-3H3,(H,19,20). The first-order valence-electron chi connectivity index (χ1n) is 7.22. The number of nitrogens with zero attached hydrogens (tertiary/aromatic N) is 1. The van der Waals surface area contributed by atoms with E-state index >= 15 is 0 Å². The van der Waals surface area contributed by atoms with E-state index in [1.54, 1.807) is 25.1 Å². The predicted molar refractivity (Wildman–Crippen MR) is 81.2 cm³/mol. The maximum Gasteiger partial charge on any atom is 0.308 e. The van der Waals surface area contributed by atoms with Crippen LogP contribution in [-0.4, -0.2) is 23.1 Å². The van der Waals surface area contributed by atoms with E-state index in [4.69, 9.17) is 9.84 Å². The molecule has 1 rings (SSSR count). The summed E-state index contributed by atoms with van der Waals surface area (Å²) in [5, 5.41) is 18.7. The van der Waals surface area contributed by atoms with E-state index in [0.29, 0.717) is 12.0 Å². The minimum Gasteiger partial charge on any atom is -0.481 e. The van der Waals surface area contributed by atoms with E-state index in [0.717, 1.165) is 5.56 Å². The van der Waals surface area contributed by atoms with Gasteiger partial charge in [0.25, 0.3) is 0 Å². The maximum atomic E-state index is 12.1. The zero-order valence-electron chi connectivity index (χ0n) is 13.1. The molecule has 5 nitrogen and oxygen atoms in total. The van der Waals surface area contributed by atoms with Gasteiger partial charge in [-0.3, -0.25) is 9.59 Å². The van der Waals surface area contributed by atoms with Crippen molar-refractivity contribution in [3.05, 3.63) is 35.4 Å². The van der Waals surface area contributed by atoms with Crippen LogP contribution in [0.1, 0.15) is 44.2 Å². The van der Waals surface area contributed by atoms with E-state index in [1.807, 2.05) is 26.0 Å². The highest BCUT2D eigenvalue weighted by atomic mass is 16.5. The summed E-state index contributed by atoms with van der Waals surface area (Å²) < 4.78 is 5.21. The molecule has 1 aromatic rings. The van der Waals surface area contributed by atoms with Crippen LogP contribution in [-0.2, 0) is 19.7 Å². The molecule has 0 aliphatic heterocycles. The van der Waals surface area contributed by atoms with E-state index in [2.05, 4.69) is 0 Å². The number of ether oxygens (including phenoxy) is 1. The second-order valence-electron chi connectivity index (χ2n) is 5.52. The molecule has 22 heavy (non-hydrogen) atoms. The van der Waals surface area contributed by atoms with Crippen LogP contribution < -0.4 is 0 Å². The van der Waals surface area contributed by atoms with Crippen LogP contribution in [0.3, 0.4) is 0 Å². The number of benzene rings is 1. The van der Waals surface area contributed by atoms with Crippen LogP contribution in [0.4, 0.5) is 0 Å². The van der Waals surface area contributed by atoms with Gasteiger partial charge >= 0.3 is 11.9 Å². The molecule has 2 unspecified atom stereocenters. The van der Waals surface area contributed by atoms with Gasteiger partial charge in [-0.25, -0.2) is 0 Å². The minimum atomic E-state index is -1.41. The van der Waals surface area contributed by atoms with Gasteiger partial charge in [0.05, 0.1) is 25.0 Å². The third kappa shape index (κ3) is 4.59. The van der Waals surface area contributed by atoms with Gasteiger partial charge in [0.15, 0.2) is 0 Å². The Labute approximate surface area is 130 Å². The maximum absolute atomic E-state index is 12.1. The van der Waals surface area contributed by atoms with Crippen LogP contribution in [0.15, 0.2) is 24.3 Å². The number of carbonyl (C=O) groups is 2. The summed E-state index contributed by atoms with van der Waals surface area (Å²) in [5.74, 6) is -1.68. The molecule has 0 spiro atoms. The van der Waals surface area contributed by atoms with Gasteiger partial charge in [0, 0.05) is 0 Å². The van der Waals surface area contributed by atoms with Crippen LogP contribution in [0.25, 0.3) is 0 Å². The fourth-order valence-corrected chi connectivity index (χ4v) is 2.21. The van der Waals surface area contributed by atoms with Gasteiger partial charge in [-0.15, -0.1) is 0 Å². The average Bonchev–Trinajstić information content (AvgIpc) is 2.45. The Morgan fingerprint density at radius 2 is 2.09 bits per heavy atom. The van der Waals surface area contributed by atoms with Gasteiger partial charge in [-0.05, 0) is 25.8 Å². The Morgan fingerprint density at radius 3 is 2.59 bits per heavy atom. The van der Waals surface area contributed by atoms with E-state index in [9.17, 15) is 14.9 Å². The van der Waals surface area contributed by atoms with E-state index in [1.165, 1.54) is 0 Å². The molecule has 0 fully saturated rings. The highest BCUT2D eigenvalue weighted by molar-refractivity contribution is 5.77. The van der Waals surface area contributed by atoms with E-state index < -0.39 is 23.8 Å². The van der Waals surface area contributed by atoms with Crippen molar-refractivity contribution in [2.45, 2.75) is 51.6 Å². The van der Waals surface area contributed by atoms with Crippen molar-refractivity contribution in [3.63, 3.8) is 0 Å². The van der Waals surface area contributed by atoms with Crippen LogP contribution in [0.2, 0.25) is 0 Å². The normalized spacial score (nSPS) is 14.5. The Hall–Kier alpha value is -2.35. The van der Waals surface area contributed by atoms with E-state index in [-0.39, 0.29) is 12.5 Å². The molecule has 0 saturated carbocycles. The van der Waals surface area contributed by atoms with Gasteiger partial charge in [0.2, 0.25) is 0 Å². The third-order valence-electron chi connectivity index (χ3n) is 3.59. The van der Waals surface area contributed by atoms with Crippen LogP contribution >= 0.6 is 0 Å². The molecule has 0 bridgehead atoms. The largest absolute Gasteiger partial charge is 0.481 e. The van der Waals surface area contributed by atoms with Crippen molar-refractivity contribution in [1.29, 1.82) is 5.26 Å². The summed E-state index contributed by atoms with van der Waals surface area (Å²) in [7, 11) is 0. The molecule has 0 aromatic heterocycles. The lowest BCUT2D eigenvalue weighted by Gasteiger charge is -2.25. The van der Waals surface area contributed by atoms with Crippen LogP contribution in [0, 0.1) is 18.3 Å². The lowest BCUT2D eigenvalue weighted by Crippen LogP contribution is -2.32. The molecule has 0 saturated heterocycles. The lowest BCUT2D eigenvalue weighted by molar-refractivity contribution is -0.149. The number of carboxylic acid groups (broad SMARTS) is 1. The molecule has 0 amide bonds. The van der Waals surface area contributed by atoms with Gasteiger partial charge < -0.3 is 9.84 Å². The number of carboxylic acids is 1. The zero-order valence-corrected chi connectivity index (χ0v) is 13.1. The monoisotopic (exact) mass is 303 g/mol. The number of carbonyl (C=O) groups excluding carboxylic acids is 1. The molecule has 0 aliphatic rings. The molecule has 0 radical (unpaired) electrons. The SMILES string of the molecule is CCC(C)OC(=O)CC(C#N)(CC(=O)O)c1cccc(C)c1. The zero-order chi connectivity index (χ0) is 16.8. The van der Waals surface area contributed by atoms with Crippen molar-refractivity contribution >= 4 is 11.9 Å². The number of esters is 1. The number of nitriles is 1. The topological polar surface area (TPSA) is 87.4 Å². The average molecular weight is 303 g/mol. The Balaban J connectivity index is 3.14. The van der Waals surface area contributed by atoms with Crippen molar-refractivity contribution < 1.29 is 19.4 Å². The molecule has 0 heterocycles. The van der Waals surface area contributed by atoms with Gasteiger partial charge in [-0.1, -0.05) is 36.8 Å².